The SMILES string of the molecule is C=CC(=O)OCOC1CC2CC1C1C3CCC(C3)C21. The van der Waals surface area contributed by atoms with Crippen LogP contribution in [0.15, 0.2) is 12.7 Å². The number of hydrogen-bond donors (Lipinski definition) is 0. The Hall–Kier alpha value is -0.830. The van der Waals surface area contributed by atoms with E-state index in [1.54, 1.807) is 0 Å². The first-order valence-corrected chi connectivity index (χ1v) is 7.68. The molecule has 4 aliphatic carbocycles. The Kier molecular flexibility index (Phi) is 2.73. The van der Waals surface area contributed by atoms with E-state index in [1.165, 1.54) is 38.2 Å². The van der Waals surface area contributed by atoms with E-state index in [1.807, 2.05) is 0 Å². The first-order chi connectivity index (χ1) is 9.28. The maximum absolute atomic E-state index is 11.0. The monoisotopic (exact) mass is 262 g/mol. The van der Waals surface area contributed by atoms with Crippen LogP contribution in [0, 0.1) is 35.5 Å². The molecular weight excluding hydrogens is 240 g/mol. The molecular formula is C16H22O3. The Morgan fingerprint density at radius 2 is 1.89 bits per heavy atom. The van der Waals surface area contributed by atoms with Crippen LogP contribution < -0.4 is 0 Å². The molecule has 0 aromatic carbocycles. The van der Waals surface area contributed by atoms with Crippen molar-refractivity contribution in [3.63, 3.8) is 0 Å². The summed E-state index contributed by atoms with van der Waals surface area (Å²) < 4.78 is 10.8. The molecule has 0 spiro atoms. The average molecular weight is 262 g/mol. The van der Waals surface area contributed by atoms with Crippen molar-refractivity contribution in [3.8, 4) is 0 Å². The zero-order chi connectivity index (χ0) is 13.0. The lowest BCUT2D eigenvalue weighted by Gasteiger charge is -2.38. The van der Waals surface area contributed by atoms with Crippen molar-refractivity contribution in [2.24, 2.45) is 35.5 Å². The van der Waals surface area contributed by atoms with Gasteiger partial charge in [0.1, 0.15) is 0 Å². The highest BCUT2D eigenvalue weighted by atomic mass is 16.7. The topological polar surface area (TPSA) is 35.5 Å². The van der Waals surface area contributed by atoms with Crippen LogP contribution in [0.2, 0.25) is 0 Å². The maximum Gasteiger partial charge on any atom is 0.332 e. The molecule has 4 rings (SSSR count). The zero-order valence-corrected chi connectivity index (χ0v) is 11.3. The minimum atomic E-state index is -0.388. The second-order valence-corrected chi connectivity index (χ2v) is 6.87. The minimum absolute atomic E-state index is 0.101. The van der Waals surface area contributed by atoms with Crippen molar-refractivity contribution in [1.29, 1.82) is 0 Å². The van der Waals surface area contributed by atoms with Crippen LogP contribution in [-0.2, 0) is 14.3 Å². The molecule has 19 heavy (non-hydrogen) atoms. The molecule has 4 bridgehead atoms. The lowest BCUT2D eigenvalue weighted by atomic mass is 9.70. The third-order valence-corrected chi connectivity index (χ3v) is 6.32. The van der Waals surface area contributed by atoms with Crippen molar-refractivity contribution >= 4 is 5.97 Å². The third-order valence-electron chi connectivity index (χ3n) is 6.32. The highest BCUT2D eigenvalue weighted by Crippen LogP contribution is 2.67. The fraction of sp³-hybridized carbons (Fsp3) is 0.812. The Morgan fingerprint density at radius 3 is 2.68 bits per heavy atom. The average Bonchev–Trinajstić information content (AvgIpc) is 3.16. The van der Waals surface area contributed by atoms with Crippen molar-refractivity contribution in [2.75, 3.05) is 6.79 Å². The highest BCUT2D eigenvalue weighted by Gasteiger charge is 2.62. The van der Waals surface area contributed by atoms with Crippen LogP contribution in [-0.4, -0.2) is 18.9 Å². The van der Waals surface area contributed by atoms with Crippen molar-refractivity contribution in [1.82, 2.24) is 0 Å². The van der Waals surface area contributed by atoms with Gasteiger partial charge in [-0.15, -0.1) is 0 Å². The molecule has 3 nitrogen and oxygen atoms in total. The summed E-state index contributed by atoms with van der Waals surface area (Å²) in [6.07, 6.45) is 8.51. The van der Waals surface area contributed by atoms with Gasteiger partial charge in [-0.2, -0.15) is 0 Å². The Bertz CT molecular complexity index is 405. The number of ether oxygens (including phenoxy) is 2. The summed E-state index contributed by atoms with van der Waals surface area (Å²) >= 11 is 0. The Balaban J connectivity index is 1.37. The summed E-state index contributed by atoms with van der Waals surface area (Å²) in [6, 6.07) is 0. The van der Waals surface area contributed by atoms with E-state index in [0.29, 0.717) is 6.10 Å². The lowest BCUT2D eigenvalue weighted by molar-refractivity contribution is -0.160. The smallest absolute Gasteiger partial charge is 0.332 e. The molecule has 0 amide bonds. The summed E-state index contributed by atoms with van der Waals surface area (Å²) in [5.74, 6) is 5.20. The van der Waals surface area contributed by atoms with Crippen LogP contribution in [0.4, 0.5) is 0 Å². The molecule has 0 heterocycles. The number of fused-ring (bicyclic) bond motifs is 9. The summed E-state index contributed by atoms with van der Waals surface area (Å²) in [5.41, 5.74) is 0. The van der Waals surface area contributed by atoms with Gasteiger partial charge in [0.25, 0.3) is 0 Å². The lowest BCUT2D eigenvalue weighted by Crippen LogP contribution is -2.36. The predicted molar refractivity (Wildman–Crippen MR) is 70.1 cm³/mol. The number of carbonyl (C=O) groups is 1. The number of carbonyl (C=O) groups excluding carboxylic acids is 1. The maximum atomic E-state index is 11.0. The molecule has 0 aliphatic heterocycles. The van der Waals surface area contributed by atoms with Gasteiger partial charge in [0, 0.05) is 6.08 Å². The van der Waals surface area contributed by atoms with Gasteiger partial charge in [-0.05, 0) is 67.6 Å². The van der Waals surface area contributed by atoms with Crippen molar-refractivity contribution in [2.45, 2.75) is 38.2 Å². The van der Waals surface area contributed by atoms with E-state index >= 15 is 0 Å². The molecule has 4 aliphatic rings. The van der Waals surface area contributed by atoms with Crippen LogP contribution >= 0.6 is 0 Å². The quantitative estimate of drug-likeness (QED) is 0.338. The minimum Gasteiger partial charge on any atom is -0.435 e. The van der Waals surface area contributed by atoms with Crippen LogP contribution in [0.5, 0.6) is 0 Å². The number of rotatable bonds is 4. The normalized spacial score (nSPS) is 49.4. The van der Waals surface area contributed by atoms with E-state index in [0.717, 1.165) is 35.5 Å². The van der Waals surface area contributed by atoms with Gasteiger partial charge in [0.2, 0.25) is 0 Å². The molecule has 0 aromatic heterocycles. The van der Waals surface area contributed by atoms with Crippen LogP contribution in [0.1, 0.15) is 32.1 Å². The van der Waals surface area contributed by atoms with Crippen LogP contribution in [0.3, 0.4) is 0 Å². The number of hydrogen-bond acceptors (Lipinski definition) is 3. The Labute approximate surface area is 114 Å². The first kappa shape index (κ1) is 12.0. The van der Waals surface area contributed by atoms with Gasteiger partial charge in [0.15, 0.2) is 6.79 Å². The van der Waals surface area contributed by atoms with Gasteiger partial charge in [0.05, 0.1) is 6.10 Å². The molecule has 3 heteroatoms. The molecule has 0 aromatic rings. The largest absolute Gasteiger partial charge is 0.435 e. The van der Waals surface area contributed by atoms with E-state index in [4.69, 9.17) is 9.47 Å². The van der Waals surface area contributed by atoms with Crippen LogP contribution in [0.25, 0.3) is 0 Å². The second kappa shape index (κ2) is 4.34. The summed E-state index contributed by atoms with van der Waals surface area (Å²) in [4.78, 5) is 11.0. The first-order valence-electron chi connectivity index (χ1n) is 7.68. The third kappa shape index (κ3) is 1.70. The van der Waals surface area contributed by atoms with Gasteiger partial charge in [-0.25, -0.2) is 4.79 Å². The molecule has 4 saturated carbocycles. The van der Waals surface area contributed by atoms with Gasteiger partial charge in [-0.1, -0.05) is 6.58 Å². The Morgan fingerprint density at radius 1 is 1.11 bits per heavy atom. The molecule has 0 radical (unpaired) electrons. The fourth-order valence-electron chi connectivity index (χ4n) is 5.93. The molecule has 0 saturated heterocycles. The second-order valence-electron chi connectivity index (χ2n) is 6.87. The zero-order valence-electron chi connectivity index (χ0n) is 11.3. The standard InChI is InChI=1S/C16H22O3/c1-2-14(17)19-8-18-13-7-11-6-12(13)16-10-4-3-9(5-10)15(11)16/h2,9-13,15-16H,1,3-8H2. The van der Waals surface area contributed by atoms with Crippen molar-refractivity contribution in [3.05, 3.63) is 12.7 Å². The molecule has 7 unspecified atom stereocenters. The summed E-state index contributed by atoms with van der Waals surface area (Å²) in [6.45, 7) is 3.49. The summed E-state index contributed by atoms with van der Waals surface area (Å²) in [5, 5.41) is 0. The molecule has 7 atom stereocenters. The summed E-state index contributed by atoms with van der Waals surface area (Å²) in [7, 11) is 0. The van der Waals surface area contributed by atoms with E-state index in [-0.39, 0.29) is 12.8 Å². The molecule has 4 fully saturated rings. The highest BCUT2D eigenvalue weighted by molar-refractivity contribution is 5.81. The van der Waals surface area contributed by atoms with E-state index in [9.17, 15) is 4.79 Å². The van der Waals surface area contributed by atoms with Gasteiger partial charge in [-0.3, -0.25) is 0 Å². The number of esters is 1. The van der Waals surface area contributed by atoms with E-state index in [2.05, 4.69) is 6.58 Å². The predicted octanol–water partition coefficient (Wildman–Crippen LogP) is 2.76. The fourth-order valence-corrected chi connectivity index (χ4v) is 5.93. The van der Waals surface area contributed by atoms with Gasteiger partial charge >= 0.3 is 5.97 Å². The van der Waals surface area contributed by atoms with Gasteiger partial charge < -0.3 is 9.47 Å². The van der Waals surface area contributed by atoms with E-state index < -0.39 is 0 Å². The van der Waals surface area contributed by atoms with Crippen molar-refractivity contribution < 1.29 is 14.3 Å². The molecule has 104 valence electrons. The molecule has 0 N–H and O–H groups in total.